The fraction of sp³-hybridized carbons (Fsp3) is 0.588. The number of nitrogens with zero attached hydrogens (tertiary/aromatic N) is 2. The lowest BCUT2D eigenvalue weighted by Gasteiger charge is -2.23. The lowest BCUT2D eigenvalue weighted by Crippen LogP contribution is -2.29. The summed E-state index contributed by atoms with van der Waals surface area (Å²) >= 11 is 0. The van der Waals surface area contributed by atoms with E-state index in [9.17, 15) is 4.79 Å². The summed E-state index contributed by atoms with van der Waals surface area (Å²) in [4.78, 5) is 16.6. The minimum atomic E-state index is 0.260. The Labute approximate surface area is 126 Å². The SMILES string of the molecule is O=C1CCCN1c1ccccc1NC1CCN(C2CC2)C1. The van der Waals surface area contributed by atoms with Crippen molar-refractivity contribution in [1.82, 2.24) is 4.90 Å². The molecule has 1 unspecified atom stereocenters. The molecule has 0 bridgehead atoms. The van der Waals surface area contributed by atoms with Crippen LogP contribution in [-0.4, -0.2) is 42.5 Å². The fourth-order valence-corrected chi connectivity index (χ4v) is 3.63. The Morgan fingerprint density at radius 2 is 1.95 bits per heavy atom. The molecule has 2 saturated heterocycles. The number of nitrogens with one attached hydrogen (secondary N) is 1. The molecule has 0 radical (unpaired) electrons. The molecule has 0 spiro atoms. The molecule has 0 aromatic heterocycles. The molecule has 1 amide bonds. The van der Waals surface area contributed by atoms with Gasteiger partial charge >= 0.3 is 0 Å². The number of likely N-dealkylation sites (tertiary alicyclic amines) is 1. The van der Waals surface area contributed by atoms with Crippen molar-refractivity contribution >= 4 is 17.3 Å². The number of carbonyl (C=O) groups excluding carboxylic acids is 1. The highest BCUT2D eigenvalue weighted by molar-refractivity contribution is 5.98. The second-order valence-electron chi connectivity index (χ2n) is 6.52. The van der Waals surface area contributed by atoms with Crippen LogP contribution < -0.4 is 10.2 Å². The van der Waals surface area contributed by atoms with E-state index in [0.717, 1.165) is 36.9 Å². The molecule has 1 saturated carbocycles. The van der Waals surface area contributed by atoms with Gasteiger partial charge in [-0.2, -0.15) is 0 Å². The van der Waals surface area contributed by atoms with Gasteiger partial charge in [-0.1, -0.05) is 12.1 Å². The van der Waals surface area contributed by atoms with Gasteiger partial charge in [0.2, 0.25) is 5.91 Å². The zero-order valence-corrected chi connectivity index (χ0v) is 12.4. The van der Waals surface area contributed by atoms with E-state index in [1.165, 1.54) is 25.8 Å². The normalized spacial score (nSPS) is 26.6. The third-order valence-electron chi connectivity index (χ3n) is 4.91. The van der Waals surface area contributed by atoms with Crippen LogP contribution in [0.2, 0.25) is 0 Å². The minimum absolute atomic E-state index is 0.260. The molecule has 1 aromatic carbocycles. The first-order valence-corrected chi connectivity index (χ1v) is 8.21. The van der Waals surface area contributed by atoms with Crippen LogP contribution in [0, 0.1) is 0 Å². The van der Waals surface area contributed by atoms with Gasteiger partial charge < -0.3 is 10.2 Å². The van der Waals surface area contributed by atoms with Crippen LogP contribution in [0.15, 0.2) is 24.3 Å². The van der Waals surface area contributed by atoms with Crippen molar-refractivity contribution < 1.29 is 4.79 Å². The van der Waals surface area contributed by atoms with Gasteiger partial charge in [0.05, 0.1) is 11.4 Å². The summed E-state index contributed by atoms with van der Waals surface area (Å²) in [6.45, 7) is 3.22. The molecular weight excluding hydrogens is 262 g/mol. The van der Waals surface area contributed by atoms with Crippen LogP contribution in [-0.2, 0) is 4.79 Å². The Kier molecular flexibility index (Phi) is 3.34. The van der Waals surface area contributed by atoms with Gasteiger partial charge in [0.15, 0.2) is 0 Å². The topological polar surface area (TPSA) is 35.6 Å². The molecular formula is C17H23N3O. The number of anilines is 2. The first-order chi connectivity index (χ1) is 10.3. The first kappa shape index (κ1) is 13.1. The number of rotatable bonds is 4. The van der Waals surface area contributed by atoms with Crippen LogP contribution in [0.5, 0.6) is 0 Å². The Morgan fingerprint density at radius 3 is 2.71 bits per heavy atom. The quantitative estimate of drug-likeness (QED) is 0.923. The van der Waals surface area contributed by atoms with Gasteiger partial charge in [-0.3, -0.25) is 9.69 Å². The predicted molar refractivity (Wildman–Crippen MR) is 84.7 cm³/mol. The summed E-state index contributed by atoms with van der Waals surface area (Å²) in [5.74, 6) is 0.260. The first-order valence-electron chi connectivity index (χ1n) is 8.21. The lowest BCUT2D eigenvalue weighted by molar-refractivity contribution is -0.117. The Hall–Kier alpha value is -1.55. The third-order valence-corrected chi connectivity index (χ3v) is 4.91. The maximum Gasteiger partial charge on any atom is 0.227 e. The van der Waals surface area contributed by atoms with E-state index in [4.69, 9.17) is 0 Å². The van der Waals surface area contributed by atoms with Crippen molar-refractivity contribution in [3.8, 4) is 0 Å². The standard InChI is InChI=1S/C17H23N3O/c21-17-6-3-10-20(17)16-5-2-1-4-15(16)18-13-9-11-19(12-13)14-7-8-14/h1-2,4-5,13-14,18H,3,6-12H2. The van der Waals surface area contributed by atoms with Crippen molar-refractivity contribution in [2.75, 3.05) is 29.9 Å². The van der Waals surface area contributed by atoms with Crippen molar-refractivity contribution in [3.63, 3.8) is 0 Å². The molecule has 2 aliphatic heterocycles. The van der Waals surface area contributed by atoms with Crippen LogP contribution in [0.4, 0.5) is 11.4 Å². The second kappa shape index (κ2) is 5.34. The second-order valence-corrected chi connectivity index (χ2v) is 6.52. The highest BCUT2D eigenvalue weighted by atomic mass is 16.2. The minimum Gasteiger partial charge on any atom is -0.379 e. The Bertz CT molecular complexity index is 541. The van der Waals surface area contributed by atoms with Crippen LogP contribution in [0.25, 0.3) is 0 Å². The van der Waals surface area contributed by atoms with Gasteiger partial charge in [-0.25, -0.2) is 0 Å². The third kappa shape index (κ3) is 2.64. The summed E-state index contributed by atoms with van der Waals surface area (Å²) in [6.07, 6.45) is 5.63. The lowest BCUT2D eigenvalue weighted by atomic mass is 10.2. The molecule has 3 aliphatic rings. The zero-order valence-electron chi connectivity index (χ0n) is 12.4. The van der Waals surface area contributed by atoms with Crippen molar-refractivity contribution in [3.05, 3.63) is 24.3 Å². The van der Waals surface area contributed by atoms with Gasteiger partial charge in [0, 0.05) is 38.1 Å². The summed E-state index contributed by atoms with van der Waals surface area (Å²) < 4.78 is 0. The molecule has 4 nitrogen and oxygen atoms in total. The smallest absolute Gasteiger partial charge is 0.227 e. The molecule has 1 aliphatic carbocycles. The largest absolute Gasteiger partial charge is 0.379 e. The van der Waals surface area contributed by atoms with E-state index >= 15 is 0 Å². The number of benzene rings is 1. The average molecular weight is 285 g/mol. The predicted octanol–water partition coefficient (Wildman–Crippen LogP) is 2.46. The molecule has 1 aromatic rings. The molecule has 4 heteroatoms. The van der Waals surface area contributed by atoms with E-state index in [0.29, 0.717) is 12.5 Å². The fourth-order valence-electron chi connectivity index (χ4n) is 3.63. The number of para-hydroxylation sites is 2. The summed E-state index contributed by atoms with van der Waals surface area (Å²) in [7, 11) is 0. The number of carbonyl (C=O) groups is 1. The highest BCUT2D eigenvalue weighted by Crippen LogP contribution is 2.33. The number of hydrogen-bond acceptors (Lipinski definition) is 3. The summed E-state index contributed by atoms with van der Waals surface area (Å²) in [5.41, 5.74) is 2.18. The van der Waals surface area contributed by atoms with E-state index in [2.05, 4.69) is 28.4 Å². The van der Waals surface area contributed by atoms with Gasteiger partial charge in [0.25, 0.3) is 0 Å². The Balaban J connectivity index is 1.48. The van der Waals surface area contributed by atoms with Crippen LogP contribution in [0.3, 0.4) is 0 Å². The summed E-state index contributed by atoms with van der Waals surface area (Å²) in [5, 5.41) is 3.68. The van der Waals surface area contributed by atoms with E-state index < -0.39 is 0 Å². The van der Waals surface area contributed by atoms with Crippen molar-refractivity contribution in [2.45, 2.75) is 44.2 Å². The van der Waals surface area contributed by atoms with Crippen molar-refractivity contribution in [2.24, 2.45) is 0 Å². The molecule has 21 heavy (non-hydrogen) atoms. The number of amides is 1. The van der Waals surface area contributed by atoms with E-state index in [1.54, 1.807) is 0 Å². The summed E-state index contributed by atoms with van der Waals surface area (Å²) in [6, 6.07) is 9.63. The maximum atomic E-state index is 12.0. The maximum absolute atomic E-state index is 12.0. The molecule has 3 fully saturated rings. The van der Waals surface area contributed by atoms with Gasteiger partial charge in [-0.15, -0.1) is 0 Å². The molecule has 2 heterocycles. The molecule has 112 valence electrons. The van der Waals surface area contributed by atoms with Crippen LogP contribution >= 0.6 is 0 Å². The van der Waals surface area contributed by atoms with Crippen molar-refractivity contribution in [1.29, 1.82) is 0 Å². The van der Waals surface area contributed by atoms with Gasteiger partial charge in [-0.05, 0) is 37.8 Å². The number of hydrogen-bond donors (Lipinski definition) is 1. The van der Waals surface area contributed by atoms with E-state index in [-0.39, 0.29) is 5.91 Å². The average Bonchev–Trinajstić information content (AvgIpc) is 3.10. The monoisotopic (exact) mass is 285 g/mol. The Morgan fingerprint density at radius 1 is 1.10 bits per heavy atom. The molecule has 1 atom stereocenters. The van der Waals surface area contributed by atoms with Crippen LogP contribution in [0.1, 0.15) is 32.1 Å². The van der Waals surface area contributed by atoms with E-state index in [1.807, 2.05) is 11.0 Å². The molecule has 4 rings (SSSR count). The zero-order chi connectivity index (χ0) is 14.2. The van der Waals surface area contributed by atoms with Gasteiger partial charge in [0.1, 0.15) is 0 Å². The highest BCUT2D eigenvalue weighted by Gasteiger charge is 2.34. The molecule has 1 N–H and O–H groups in total.